The Labute approximate surface area is 161 Å². The lowest BCUT2D eigenvalue weighted by Crippen LogP contribution is -2.30. The van der Waals surface area contributed by atoms with Crippen molar-refractivity contribution in [1.29, 1.82) is 0 Å². The second kappa shape index (κ2) is 9.36. The fourth-order valence-electron chi connectivity index (χ4n) is 2.85. The number of rotatable bonds is 7. The summed E-state index contributed by atoms with van der Waals surface area (Å²) in [6, 6.07) is 11.6. The van der Waals surface area contributed by atoms with Crippen molar-refractivity contribution in [3.8, 4) is 0 Å². The van der Waals surface area contributed by atoms with Crippen LogP contribution < -0.4 is 16.4 Å². The molecule has 2 rings (SSSR count). The highest BCUT2D eigenvalue weighted by molar-refractivity contribution is 6.03. The molecule has 1 unspecified atom stereocenters. The molecular weight excluding hydrogens is 371 g/mol. The molecule has 0 aromatic heterocycles. The topological polar surface area (TPSA) is 84.2 Å². The number of anilines is 1. The first-order valence-electron chi connectivity index (χ1n) is 8.77. The lowest BCUT2D eigenvalue weighted by Gasteiger charge is -2.18. The van der Waals surface area contributed by atoms with Crippen LogP contribution in [0.4, 0.5) is 18.9 Å². The van der Waals surface area contributed by atoms with Crippen LogP contribution in [-0.2, 0) is 11.0 Å². The number of amides is 2. The van der Waals surface area contributed by atoms with E-state index >= 15 is 0 Å². The second-order valence-corrected chi connectivity index (χ2v) is 6.33. The summed E-state index contributed by atoms with van der Waals surface area (Å²) in [6.45, 7) is 2.12. The zero-order valence-corrected chi connectivity index (χ0v) is 15.3. The minimum Gasteiger partial charge on any atom is -0.351 e. The van der Waals surface area contributed by atoms with Gasteiger partial charge in [0.15, 0.2) is 0 Å². The van der Waals surface area contributed by atoms with Crippen LogP contribution in [0.5, 0.6) is 0 Å². The molecule has 0 aliphatic carbocycles. The normalized spacial score (nSPS) is 12.3. The number of para-hydroxylation sites is 1. The van der Waals surface area contributed by atoms with Gasteiger partial charge in [-0.1, -0.05) is 37.3 Å². The fourth-order valence-corrected chi connectivity index (χ4v) is 2.85. The third-order valence-corrected chi connectivity index (χ3v) is 4.16. The van der Waals surface area contributed by atoms with Gasteiger partial charge in [0, 0.05) is 19.5 Å². The van der Waals surface area contributed by atoms with Crippen molar-refractivity contribution < 1.29 is 22.8 Å². The summed E-state index contributed by atoms with van der Waals surface area (Å²) < 4.78 is 39.5. The summed E-state index contributed by atoms with van der Waals surface area (Å²) in [5.74, 6) is -1.53. The Hall–Kier alpha value is -2.87. The van der Waals surface area contributed by atoms with E-state index in [1.54, 1.807) is 31.2 Å². The minimum absolute atomic E-state index is 0.0547. The molecule has 0 aliphatic rings. The molecule has 8 heteroatoms. The first-order valence-corrected chi connectivity index (χ1v) is 8.77. The molecule has 0 radical (unpaired) electrons. The maximum absolute atomic E-state index is 13.2. The number of nitrogens with one attached hydrogen (secondary N) is 2. The average molecular weight is 393 g/mol. The molecule has 5 nitrogen and oxygen atoms in total. The number of benzene rings is 2. The Kier molecular flexibility index (Phi) is 7.17. The van der Waals surface area contributed by atoms with Crippen molar-refractivity contribution in [2.45, 2.75) is 25.4 Å². The maximum Gasteiger partial charge on any atom is 0.416 e. The SMILES string of the molecule is CC(CC(=O)Nc1ccccc1C(=O)NCCN)c1ccccc1C(F)(F)F. The molecule has 4 N–H and O–H groups in total. The summed E-state index contributed by atoms with van der Waals surface area (Å²) in [5, 5.41) is 5.23. The minimum atomic E-state index is -4.49. The van der Waals surface area contributed by atoms with Crippen LogP contribution in [0.2, 0.25) is 0 Å². The van der Waals surface area contributed by atoms with E-state index in [1.165, 1.54) is 18.2 Å². The van der Waals surface area contributed by atoms with Gasteiger partial charge in [-0.2, -0.15) is 13.2 Å². The van der Waals surface area contributed by atoms with Crippen molar-refractivity contribution in [3.05, 3.63) is 65.2 Å². The van der Waals surface area contributed by atoms with Gasteiger partial charge in [0.2, 0.25) is 5.91 Å². The third kappa shape index (κ3) is 5.56. The van der Waals surface area contributed by atoms with Crippen LogP contribution in [0, 0.1) is 0 Å². The summed E-state index contributed by atoms with van der Waals surface area (Å²) in [5.41, 5.74) is 5.21. The zero-order valence-electron chi connectivity index (χ0n) is 15.3. The van der Waals surface area contributed by atoms with E-state index in [0.717, 1.165) is 6.07 Å². The average Bonchev–Trinajstić information content (AvgIpc) is 2.65. The van der Waals surface area contributed by atoms with E-state index in [9.17, 15) is 22.8 Å². The molecule has 0 aliphatic heterocycles. The smallest absolute Gasteiger partial charge is 0.351 e. The molecule has 0 fully saturated rings. The van der Waals surface area contributed by atoms with Crippen LogP contribution in [0.25, 0.3) is 0 Å². The molecule has 2 amide bonds. The number of halogens is 3. The first kappa shape index (κ1) is 21.4. The van der Waals surface area contributed by atoms with Crippen LogP contribution in [0.15, 0.2) is 48.5 Å². The number of carbonyl (C=O) groups excluding carboxylic acids is 2. The van der Waals surface area contributed by atoms with Gasteiger partial charge in [0.25, 0.3) is 5.91 Å². The third-order valence-electron chi connectivity index (χ3n) is 4.16. The number of hydrogen-bond donors (Lipinski definition) is 3. The molecule has 1 atom stereocenters. The monoisotopic (exact) mass is 393 g/mol. The maximum atomic E-state index is 13.2. The summed E-state index contributed by atoms with van der Waals surface area (Å²) in [6.07, 6.45) is -4.65. The van der Waals surface area contributed by atoms with Crippen LogP contribution in [0.3, 0.4) is 0 Å². The zero-order chi connectivity index (χ0) is 20.7. The van der Waals surface area contributed by atoms with Crippen molar-refractivity contribution in [2.75, 3.05) is 18.4 Å². The number of alkyl halides is 3. The largest absolute Gasteiger partial charge is 0.416 e. The molecule has 0 bridgehead atoms. The van der Waals surface area contributed by atoms with Crippen molar-refractivity contribution >= 4 is 17.5 Å². The van der Waals surface area contributed by atoms with Crippen LogP contribution in [0.1, 0.15) is 40.7 Å². The van der Waals surface area contributed by atoms with E-state index in [2.05, 4.69) is 10.6 Å². The standard InChI is InChI=1S/C20H22F3N3O2/c1-13(14-6-2-4-8-16(14)20(21,22)23)12-18(27)26-17-9-5-3-7-15(17)19(28)25-11-10-24/h2-9,13H,10-12,24H2,1H3,(H,25,28)(H,26,27). The summed E-state index contributed by atoms with van der Waals surface area (Å²) in [4.78, 5) is 24.6. The Bertz CT molecular complexity index is 837. The molecule has 150 valence electrons. The van der Waals surface area contributed by atoms with E-state index in [-0.39, 0.29) is 30.6 Å². The number of nitrogens with two attached hydrogens (primary N) is 1. The van der Waals surface area contributed by atoms with Crippen molar-refractivity contribution in [1.82, 2.24) is 5.32 Å². The molecule has 0 saturated carbocycles. The van der Waals surface area contributed by atoms with E-state index in [4.69, 9.17) is 5.73 Å². The quantitative estimate of drug-likeness (QED) is 0.673. The first-order chi connectivity index (χ1) is 13.2. The molecule has 2 aromatic carbocycles. The predicted molar refractivity (Wildman–Crippen MR) is 101 cm³/mol. The number of carbonyl (C=O) groups is 2. The van der Waals surface area contributed by atoms with Crippen molar-refractivity contribution in [3.63, 3.8) is 0 Å². The molecule has 28 heavy (non-hydrogen) atoms. The second-order valence-electron chi connectivity index (χ2n) is 6.33. The highest BCUT2D eigenvalue weighted by atomic mass is 19.4. The highest BCUT2D eigenvalue weighted by Crippen LogP contribution is 2.36. The van der Waals surface area contributed by atoms with Gasteiger partial charge in [-0.3, -0.25) is 9.59 Å². The van der Waals surface area contributed by atoms with Crippen LogP contribution >= 0.6 is 0 Å². The highest BCUT2D eigenvalue weighted by Gasteiger charge is 2.34. The van der Waals surface area contributed by atoms with Crippen LogP contribution in [-0.4, -0.2) is 24.9 Å². The van der Waals surface area contributed by atoms with Gasteiger partial charge in [0.1, 0.15) is 0 Å². The Morgan fingerprint density at radius 3 is 2.39 bits per heavy atom. The van der Waals surface area contributed by atoms with Gasteiger partial charge < -0.3 is 16.4 Å². The summed E-state index contributed by atoms with van der Waals surface area (Å²) in [7, 11) is 0. The molecule has 0 spiro atoms. The molecule has 0 saturated heterocycles. The van der Waals surface area contributed by atoms with Gasteiger partial charge in [0.05, 0.1) is 16.8 Å². The predicted octanol–water partition coefficient (Wildman–Crippen LogP) is 3.53. The lowest BCUT2D eigenvalue weighted by molar-refractivity contribution is -0.138. The Balaban J connectivity index is 2.13. The van der Waals surface area contributed by atoms with Crippen molar-refractivity contribution in [2.24, 2.45) is 5.73 Å². The van der Waals surface area contributed by atoms with Gasteiger partial charge >= 0.3 is 6.18 Å². The fraction of sp³-hybridized carbons (Fsp3) is 0.300. The Morgan fingerprint density at radius 2 is 1.71 bits per heavy atom. The Morgan fingerprint density at radius 1 is 1.07 bits per heavy atom. The van der Waals surface area contributed by atoms with E-state index in [0.29, 0.717) is 5.69 Å². The van der Waals surface area contributed by atoms with Gasteiger partial charge in [-0.15, -0.1) is 0 Å². The number of hydrogen-bond acceptors (Lipinski definition) is 3. The van der Waals surface area contributed by atoms with Gasteiger partial charge in [-0.05, 0) is 29.7 Å². The van der Waals surface area contributed by atoms with E-state index < -0.39 is 29.5 Å². The lowest BCUT2D eigenvalue weighted by atomic mass is 9.92. The van der Waals surface area contributed by atoms with Gasteiger partial charge in [-0.25, -0.2) is 0 Å². The molecule has 2 aromatic rings. The molecule has 0 heterocycles. The molecular formula is C20H22F3N3O2. The van der Waals surface area contributed by atoms with E-state index in [1.807, 2.05) is 0 Å². The summed E-state index contributed by atoms with van der Waals surface area (Å²) >= 11 is 0.